The first-order valence-corrected chi connectivity index (χ1v) is 7.03. The average Bonchev–Trinajstić information content (AvgIpc) is 2.48. The van der Waals surface area contributed by atoms with Gasteiger partial charge in [0.25, 0.3) is 0 Å². The number of anilines is 2. The fourth-order valence-electron chi connectivity index (χ4n) is 1.84. The van der Waals surface area contributed by atoms with Gasteiger partial charge in [0, 0.05) is 4.47 Å². The van der Waals surface area contributed by atoms with Gasteiger partial charge in [-0.3, -0.25) is 0 Å². The summed E-state index contributed by atoms with van der Waals surface area (Å²) in [6.07, 6.45) is -4.59. The Morgan fingerprint density at radius 3 is 2.35 bits per heavy atom. The molecule has 2 aromatic carbocycles. The van der Waals surface area contributed by atoms with Crippen molar-refractivity contribution < 1.29 is 27.1 Å². The molecule has 0 fully saturated rings. The minimum atomic E-state index is -4.59. The first kappa shape index (κ1) is 17.3. The normalized spacial score (nSPS) is 11.2. The second-order valence-corrected chi connectivity index (χ2v) is 5.35. The first-order chi connectivity index (χ1) is 10.7. The number of hydrogen-bond donors (Lipinski definition) is 1. The van der Waals surface area contributed by atoms with Gasteiger partial charge in [-0.25, -0.2) is 9.18 Å². The van der Waals surface area contributed by atoms with Crippen molar-refractivity contribution in [3.05, 3.63) is 57.8 Å². The molecule has 0 heterocycles. The van der Waals surface area contributed by atoms with E-state index >= 15 is 0 Å². The van der Waals surface area contributed by atoms with E-state index in [-0.39, 0.29) is 11.3 Å². The van der Waals surface area contributed by atoms with E-state index in [9.17, 15) is 22.4 Å². The van der Waals surface area contributed by atoms with Crippen LogP contribution in [0.1, 0.15) is 15.9 Å². The van der Waals surface area contributed by atoms with Crippen molar-refractivity contribution in [2.75, 3.05) is 12.4 Å². The van der Waals surface area contributed by atoms with E-state index in [1.54, 1.807) is 0 Å². The van der Waals surface area contributed by atoms with E-state index in [0.29, 0.717) is 16.2 Å². The van der Waals surface area contributed by atoms with E-state index in [1.807, 2.05) is 0 Å². The van der Waals surface area contributed by atoms with Gasteiger partial charge in [-0.15, -0.1) is 0 Å². The Morgan fingerprint density at radius 2 is 1.78 bits per heavy atom. The summed E-state index contributed by atoms with van der Waals surface area (Å²) in [4.78, 5) is 11.7. The van der Waals surface area contributed by atoms with Crippen LogP contribution in [-0.4, -0.2) is 13.1 Å². The highest BCUT2D eigenvalue weighted by Crippen LogP contribution is 2.34. The number of methoxy groups -OCH3 is 1. The number of alkyl halides is 3. The molecular weight excluding hydrogens is 382 g/mol. The van der Waals surface area contributed by atoms with Crippen LogP contribution in [0.2, 0.25) is 0 Å². The van der Waals surface area contributed by atoms with Gasteiger partial charge in [0.15, 0.2) is 0 Å². The molecule has 0 amide bonds. The summed E-state index contributed by atoms with van der Waals surface area (Å²) in [7, 11) is 1.07. The maximum Gasteiger partial charge on any atom is 0.416 e. The number of halogens is 5. The number of benzene rings is 2. The first-order valence-electron chi connectivity index (χ1n) is 6.24. The van der Waals surface area contributed by atoms with Crippen LogP contribution in [0.3, 0.4) is 0 Å². The van der Waals surface area contributed by atoms with Gasteiger partial charge in [0.05, 0.1) is 29.6 Å². The second kappa shape index (κ2) is 6.57. The van der Waals surface area contributed by atoms with Crippen LogP contribution in [0.4, 0.5) is 28.9 Å². The lowest BCUT2D eigenvalue weighted by Gasteiger charge is -2.15. The van der Waals surface area contributed by atoms with Gasteiger partial charge in [0.1, 0.15) is 5.82 Å². The molecule has 23 heavy (non-hydrogen) atoms. The number of nitrogens with one attached hydrogen (secondary N) is 1. The fraction of sp³-hybridized carbons (Fsp3) is 0.133. The largest absolute Gasteiger partial charge is 0.465 e. The van der Waals surface area contributed by atoms with E-state index in [2.05, 4.69) is 26.0 Å². The van der Waals surface area contributed by atoms with Crippen molar-refractivity contribution in [1.82, 2.24) is 0 Å². The SMILES string of the molecule is COC(=O)c1cc(C(F)(F)F)ccc1Nc1ccc(F)cc1Br. The molecule has 0 saturated carbocycles. The van der Waals surface area contributed by atoms with Crippen molar-refractivity contribution in [2.24, 2.45) is 0 Å². The Bertz CT molecular complexity index is 747. The lowest BCUT2D eigenvalue weighted by Crippen LogP contribution is -2.11. The molecule has 0 aliphatic carbocycles. The Morgan fingerprint density at radius 1 is 1.13 bits per heavy atom. The lowest BCUT2D eigenvalue weighted by molar-refractivity contribution is -0.137. The number of ether oxygens (including phenoxy) is 1. The average molecular weight is 392 g/mol. The van der Waals surface area contributed by atoms with E-state index in [4.69, 9.17) is 0 Å². The van der Waals surface area contributed by atoms with Gasteiger partial charge < -0.3 is 10.1 Å². The molecule has 3 nitrogen and oxygen atoms in total. The molecule has 0 radical (unpaired) electrons. The monoisotopic (exact) mass is 391 g/mol. The van der Waals surface area contributed by atoms with Crippen LogP contribution in [-0.2, 0) is 10.9 Å². The van der Waals surface area contributed by atoms with Gasteiger partial charge in [-0.2, -0.15) is 13.2 Å². The molecule has 0 atom stereocenters. The van der Waals surface area contributed by atoms with Gasteiger partial charge in [-0.1, -0.05) is 0 Å². The Hall–Kier alpha value is -2.09. The predicted octanol–water partition coefficient (Wildman–Crippen LogP) is 5.14. The zero-order valence-electron chi connectivity index (χ0n) is 11.7. The molecule has 8 heteroatoms. The molecule has 0 bridgehead atoms. The molecular formula is C15H10BrF4NO2. The molecule has 0 aliphatic heterocycles. The number of carbonyl (C=O) groups is 1. The number of esters is 1. The molecule has 2 rings (SSSR count). The highest BCUT2D eigenvalue weighted by Gasteiger charge is 2.32. The van der Waals surface area contributed by atoms with Crippen LogP contribution in [0.25, 0.3) is 0 Å². The summed E-state index contributed by atoms with van der Waals surface area (Å²) >= 11 is 3.13. The van der Waals surface area contributed by atoms with Crippen molar-refractivity contribution in [3.8, 4) is 0 Å². The van der Waals surface area contributed by atoms with Gasteiger partial charge >= 0.3 is 12.1 Å². The van der Waals surface area contributed by atoms with E-state index in [0.717, 1.165) is 19.2 Å². The van der Waals surface area contributed by atoms with E-state index in [1.165, 1.54) is 18.2 Å². The highest BCUT2D eigenvalue weighted by molar-refractivity contribution is 9.10. The Kier molecular flexibility index (Phi) is 4.93. The van der Waals surface area contributed by atoms with Crippen LogP contribution in [0.5, 0.6) is 0 Å². The van der Waals surface area contributed by atoms with Crippen molar-refractivity contribution in [2.45, 2.75) is 6.18 Å². The van der Waals surface area contributed by atoms with Crippen molar-refractivity contribution in [1.29, 1.82) is 0 Å². The Labute approximate surface area is 137 Å². The summed E-state index contributed by atoms with van der Waals surface area (Å²) in [6.45, 7) is 0. The third-order valence-electron chi connectivity index (χ3n) is 2.95. The van der Waals surface area contributed by atoms with Gasteiger partial charge in [0.2, 0.25) is 0 Å². The summed E-state index contributed by atoms with van der Waals surface area (Å²) in [5.74, 6) is -1.40. The van der Waals surface area contributed by atoms with Crippen LogP contribution in [0, 0.1) is 5.82 Å². The number of rotatable bonds is 3. The fourth-order valence-corrected chi connectivity index (χ4v) is 2.29. The molecule has 2 aromatic rings. The lowest BCUT2D eigenvalue weighted by atomic mass is 10.1. The topological polar surface area (TPSA) is 38.3 Å². The quantitative estimate of drug-likeness (QED) is 0.581. The molecule has 0 spiro atoms. The maximum atomic E-state index is 13.1. The summed E-state index contributed by atoms with van der Waals surface area (Å²) in [5.41, 5.74) is -0.756. The minimum Gasteiger partial charge on any atom is -0.465 e. The maximum absolute atomic E-state index is 13.1. The third-order valence-corrected chi connectivity index (χ3v) is 3.61. The standard InChI is InChI=1S/C15H10BrF4NO2/c1-23-14(22)10-6-8(15(18,19)20)2-4-12(10)21-13-5-3-9(17)7-11(13)16/h2-7,21H,1H3. The number of hydrogen-bond acceptors (Lipinski definition) is 3. The highest BCUT2D eigenvalue weighted by atomic mass is 79.9. The number of carbonyl (C=O) groups excluding carboxylic acids is 1. The third kappa shape index (κ3) is 4.01. The smallest absolute Gasteiger partial charge is 0.416 e. The zero-order valence-corrected chi connectivity index (χ0v) is 13.3. The molecule has 0 unspecified atom stereocenters. The predicted molar refractivity (Wildman–Crippen MR) is 80.2 cm³/mol. The summed E-state index contributed by atoms with van der Waals surface area (Å²) in [6, 6.07) is 6.40. The van der Waals surface area contributed by atoms with Crippen molar-refractivity contribution >= 4 is 33.3 Å². The van der Waals surface area contributed by atoms with Crippen molar-refractivity contribution in [3.63, 3.8) is 0 Å². The van der Waals surface area contributed by atoms with Crippen LogP contribution in [0.15, 0.2) is 40.9 Å². The summed E-state index contributed by atoms with van der Waals surface area (Å²) in [5, 5.41) is 2.78. The molecule has 1 N–H and O–H groups in total. The van der Waals surface area contributed by atoms with Gasteiger partial charge in [-0.05, 0) is 52.3 Å². The van der Waals surface area contributed by atoms with Crippen LogP contribution < -0.4 is 5.32 Å². The molecule has 122 valence electrons. The summed E-state index contributed by atoms with van der Waals surface area (Å²) < 4.78 is 56.3. The molecule has 0 saturated heterocycles. The Balaban J connectivity index is 2.47. The minimum absolute atomic E-state index is 0.108. The molecule has 0 aromatic heterocycles. The zero-order chi connectivity index (χ0) is 17.2. The van der Waals surface area contributed by atoms with Crippen LogP contribution >= 0.6 is 15.9 Å². The second-order valence-electron chi connectivity index (χ2n) is 4.50. The molecule has 0 aliphatic rings. The van der Waals surface area contributed by atoms with E-state index < -0.39 is 23.5 Å².